The van der Waals surface area contributed by atoms with Crippen LogP contribution in [0.2, 0.25) is 0 Å². The zero-order valence-corrected chi connectivity index (χ0v) is 12.1. The third kappa shape index (κ3) is 3.50. The van der Waals surface area contributed by atoms with Gasteiger partial charge in [0.1, 0.15) is 5.75 Å². The fourth-order valence-electron chi connectivity index (χ4n) is 2.13. The lowest BCUT2D eigenvalue weighted by Crippen LogP contribution is -2.34. The molecular formula is C15H21NO4. The van der Waals surface area contributed by atoms with Gasteiger partial charge in [0.15, 0.2) is 0 Å². The van der Waals surface area contributed by atoms with E-state index in [-0.39, 0.29) is 12.3 Å². The molecule has 0 fully saturated rings. The van der Waals surface area contributed by atoms with E-state index in [9.17, 15) is 14.7 Å². The second kappa shape index (κ2) is 6.93. The van der Waals surface area contributed by atoms with Crippen molar-refractivity contribution in [1.29, 1.82) is 0 Å². The highest BCUT2D eigenvalue weighted by Crippen LogP contribution is 2.32. The summed E-state index contributed by atoms with van der Waals surface area (Å²) in [6.45, 7) is 3.57. The second-order valence-electron chi connectivity index (χ2n) is 4.72. The number of methoxy groups -OCH3 is 1. The molecular weight excluding hydrogens is 258 g/mol. The number of hydrogen-bond donors (Lipinski definition) is 2. The van der Waals surface area contributed by atoms with Crippen LogP contribution in [0, 0.1) is 5.41 Å². The normalized spacial score (nSPS) is 10.9. The van der Waals surface area contributed by atoms with Crippen LogP contribution < -0.4 is 10.1 Å². The Morgan fingerprint density at radius 3 is 2.35 bits per heavy atom. The van der Waals surface area contributed by atoms with E-state index in [0.29, 0.717) is 24.3 Å². The Morgan fingerprint density at radius 1 is 1.25 bits per heavy atom. The van der Waals surface area contributed by atoms with E-state index in [1.807, 2.05) is 0 Å². The van der Waals surface area contributed by atoms with Crippen LogP contribution in [-0.2, 0) is 9.59 Å². The van der Waals surface area contributed by atoms with Crippen molar-refractivity contribution in [3.8, 4) is 5.75 Å². The largest absolute Gasteiger partial charge is 0.495 e. The number of aliphatic carboxylic acids is 1. The summed E-state index contributed by atoms with van der Waals surface area (Å²) in [5, 5.41) is 12.0. The zero-order chi connectivity index (χ0) is 15.2. The SMILES string of the molecule is CCC(CC)(CC(=O)Nc1ccccc1OC)C(=O)O. The fraction of sp³-hybridized carbons (Fsp3) is 0.467. The molecule has 1 rings (SSSR count). The zero-order valence-electron chi connectivity index (χ0n) is 12.1. The lowest BCUT2D eigenvalue weighted by Gasteiger charge is -2.26. The molecule has 1 aromatic carbocycles. The molecule has 0 heterocycles. The number of carbonyl (C=O) groups is 2. The van der Waals surface area contributed by atoms with Crippen LogP contribution in [0.15, 0.2) is 24.3 Å². The highest BCUT2D eigenvalue weighted by atomic mass is 16.5. The number of hydrogen-bond acceptors (Lipinski definition) is 3. The molecule has 0 spiro atoms. The number of carboxylic acid groups (broad SMARTS) is 1. The number of nitrogens with one attached hydrogen (secondary N) is 1. The first-order valence-corrected chi connectivity index (χ1v) is 6.65. The Hall–Kier alpha value is -2.04. The van der Waals surface area contributed by atoms with Crippen LogP contribution >= 0.6 is 0 Å². The third-order valence-electron chi connectivity index (χ3n) is 3.69. The first-order valence-electron chi connectivity index (χ1n) is 6.65. The van der Waals surface area contributed by atoms with E-state index in [1.165, 1.54) is 7.11 Å². The number of ether oxygens (including phenoxy) is 1. The maximum absolute atomic E-state index is 12.1. The summed E-state index contributed by atoms with van der Waals surface area (Å²) >= 11 is 0. The summed E-state index contributed by atoms with van der Waals surface area (Å²) < 4.78 is 5.15. The van der Waals surface area contributed by atoms with Crippen molar-refractivity contribution in [3.05, 3.63) is 24.3 Å². The summed E-state index contributed by atoms with van der Waals surface area (Å²) in [7, 11) is 1.52. The second-order valence-corrected chi connectivity index (χ2v) is 4.72. The Balaban J connectivity index is 2.84. The van der Waals surface area contributed by atoms with Crippen molar-refractivity contribution >= 4 is 17.6 Å². The van der Waals surface area contributed by atoms with E-state index in [2.05, 4.69) is 5.32 Å². The third-order valence-corrected chi connectivity index (χ3v) is 3.69. The van der Waals surface area contributed by atoms with Gasteiger partial charge in [0.25, 0.3) is 0 Å². The summed E-state index contributed by atoms with van der Waals surface area (Å²) in [5.74, 6) is -0.701. The van der Waals surface area contributed by atoms with Gasteiger partial charge >= 0.3 is 5.97 Å². The average Bonchev–Trinajstić information content (AvgIpc) is 2.45. The van der Waals surface area contributed by atoms with Crippen molar-refractivity contribution < 1.29 is 19.4 Å². The number of anilines is 1. The first kappa shape index (κ1) is 16.0. The van der Waals surface area contributed by atoms with Gasteiger partial charge < -0.3 is 15.2 Å². The average molecular weight is 279 g/mol. The molecule has 0 bridgehead atoms. The number of para-hydroxylation sites is 2. The van der Waals surface area contributed by atoms with Gasteiger partial charge in [0, 0.05) is 6.42 Å². The number of benzene rings is 1. The monoisotopic (exact) mass is 279 g/mol. The Bertz CT molecular complexity index is 481. The molecule has 0 aliphatic rings. The summed E-state index contributed by atoms with van der Waals surface area (Å²) in [6.07, 6.45) is 0.781. The highest BCUT2D eigenvalue weighted by Gasteiger charge is 2.37. The quantitative estimate of drug-likeness (QED) is 0.804. The predicted molar refractivity (Wildman–Crippen MR) is 76.9 cm³/mol. The van der Waals surface area contributed by atoms with E-state index in [1.54, 1.807) is 38.1 Å². The summed E-state index contributed by atoms with van der Waals surface area (Å²) in [5.41, 5.74) is -0.460. The minimum atomic E-state index is -1.01. The van der Waals surface area contributed by atoms with Gasteiger partial charge in [-0.2, -0.15) is 0 Å². The minimum absolute atomic E-state index is 0.0482. The van der Waals surface area contributed by atoms with Crippen LogP contribution in [0.5, 0.6) is 5.75 Å². The number of carboxylic acids is 1. The first-order chi connectivity index (χ1) is 9.49. The molecule has 1 amide bonds. The minimum Gasteiger partial charge on any atom is -0.495 e. The van der Waals surface area contributed by atoms with Gasteiger partial charge in [-0.1, -0.05) is 26.0 Å². The topological polar surface area (TPSA) is 75.6 Å². The molecule has 2 N–H and O–H groups in total. The smallest absolute Gasteiger partial charge is 0.310 e. The molecule has 5 heteroatoms. The van der Waals surface area contributed by atoms with Crippen LogP contribution in [0.25, 0.3) is 0 Å². The van der Waals surface area contributed by atoms with E-state index in [4.69, 9.17) is 4.74 Å². The van der Waals surface area contributed by atoms with Gasteiger partial charge in [-0.05, 0) is 25.0 Å². The molecule has 0 aliphatic heterocycles. The van der Waals surface area contributed by atoms with E-state index >= 15 is 0 Å². The lowest BCUT2D eigenvalue weighted by atomic mass is 9.79. The Kier molecular flexibility index (Phi) is 5.55. The van der Waals surface area contributed by atoms with Gasteiger partial charge in [0.05, 0.1) is 18.2 Å². The van der Waals surface area contributed by atoms with Gasteiger partial charge in [0.2, 0.25) is 5.91 Å². The van der Waals surface area contributed by atoms with E-state index in [0.717, 1.165) is 0 Å². The van der Waals surface area contributed by atoms with Crippen molar-refractivity contribution in [3.63, 3.8) is 0 Å². The number of amides is 1. The van der Waals surface area contributed by atoms with Gasteiger partial charge in [-0.25, -0.2) is 0 Å². The highest BCUT2D eigenvalue weighted by molar-refractivity contribution is 5.95. The molecule has 0 aromatic heterocycles. The maximum atomic E-state index is 12.1. The van der Waals surface area contributed by atoms with Crippen LogP contribution in [0.1, 0.15) is 33.1 Å². The molecule has 0 saturated heterocycles. The van der Waals surface area contributed by atoms with Crippen molar-refractivity contribution in [2.75, 3.05) is 12.4 Å². The van der Waals surface area contributed by atoms with Crippen LogP contribution in [0.3, 0.4) is 0 Å². The number of rotatable bonds is 7. The van der Waals surface area contributed by atoms with Crippen molar-refractivity contribution in [2.24, 2.45) is 5.41 Å². The molecule has 110 valence electrons. The molecule has 1 aromatic rings. The van der Waals surface area contributed by atoms with Crippen LogP contribution in [0.4, 0.5) is 5.69 Å². The molecule has 0 atom stereocenters. The van der Waals surface area contributed by atoms with Crippen molar-refractivity contribution in [1.82, 2.24) is 0 Å². The predicted octanol–water partition coefficient (Wildman–Crippen LogP) is 2.91. The number of carbonyl (C=O) groups excluding carboxylic acids is 1. The van der Waals surface area contributed by atoms with Crippen LogP contribution in [-0.4, -0.2) is 24.1 Å². The molecule has 20 heavy (non-hydrogen) atoms. The molecule has 0 aliphatic carbocycles. The lowest BCUT2D eigenvalue weighted by molar-refractivity contribution is -0.151. The molecule has 5 nitrogen and oxygen atoms in total. The maximum Gasteiger partial charge on any atom is 0.310 e. The molecule has 0 radical (unpaired) electrons. The Morgan fingerprint density at radius 2 is 1.85 bits per heavy atom. The molecule has 0 unspecified atom stereocenters. The fourth-order valence-corrected chi connectivity index (χ4v) is 2.13. The molecule has 0 saturated carbocycles. The Labute approximate surface area is 118 Å². The van der Waals surface area contributed by atoms with E-state index < -0.39 is 11.4 Å². The summed E-state index contributed by atoms with van der Waals surface area (Å²) in [4.78, 5) is 23.5. The van der Waals surface area contributed by atoms with Gasteiger partial charge in [-0.3, -0.25) is 9.59 Å². The van der Waals surface area contributed by atoms with Gasteiger partial charge in [-0.15, -0.1) is 0 Å². The summed E-state index contributed by atoms with van der Waals surface area (Å²) in [6, 6.07) is 7.03. The van der Waals surface area contributed by atoms with Crippen molar-refractivity contribution in [2.45, 2.75) is 33.1 Å². The standard InChI is InChI=1S/C15H21NO4/c1-4-15(5-2,14(18)19)10-13(17)16-11-8-6-7-9-12(11)20-3/h6-9H,4-5,10H2,1-3H3,(H,16,17)(H,18,19).